The molecular formula is C23H27ClN2O2. The summed E-state index contributed by atoms with van der Waals surface area (Å²) >= 11 is 6.21. The Morgan fingerprint density at radius 2 is 1.75 bits per heavy atom. The first-order valence-electron chi connectivity index (χ1n) is 9.84. The lowest BCUT2D eigenvalue weighted by Crippen LogP contribution is -2.45. The van der Waals surface area contributed by atoms with Crippen molar-refractivity contribution in [3.8, 4) is 0 Å². The Balaban J connectivity index is 1.50. The lowest BCUT2D eigenvalue weighted by atomic mass is 9.94. The highest BCUT2D eigenvalue weighted by atomic mass is 35.5. The van der Waals surface area contributed by atoms with Crippen LogP contribution in [0.25, 0.3) is 0 Å². The monoisotopic (exact) mass is 398 g/mol. The van der Waals surface area contributed by atoms with Crippen LogP contribution in [-0.2, 0) is 11.2 Å². The number of likely N-dealkylation sites (tertiary alicyclic amines) is 1. The molecule has 1 atom stereocenters. The molecule has 1 aliphatic rings. The number of aryl methyl sites for hydroxylation is 1. The predicted octanol–water partition coefficient (Wildman–Crippen LogP) is 4.25. The molecule has 1 saturated heterocycles. The highest BCUT2D eigenvalue weighted by molar-refractivity contribution is 6.31. The number of carbonyl (C=O) groups excluding carboxylic acids is 2. The van der Waals surface area contributed by atoms with Gasteiger partial charge in [-0.15, -0.1) is 0 Å². The minimum Gasteiger partial charge on any atom is -0.353 e. The average Bonchev–Trinajstić information content (AvgIpc) is 2.69. The number of carbonyl (C=O) groups is 2. The van der Waals surface area contributed by atoms with Gasteiger partial charge in [0.1, 0.15) is 0 Å². The summed E-state index contributed by atoms with van der Waals surface area (Å²) in [6.07, 6.45) is 2.10. The van der Waals surface area contributed by atoms with Gasteiger partial charge < -0.3 is 10.2 Å². The quantitative estimate of drug-likeness (QED) is 0.818. The normalized spacial score (nSPS) is 15.9. The van der Waals surface area contributed by atoms with E-state index in [0.717, 1.165) is 21.7 Å². The fourth-order valence-electron chi connectivity index (χ4n) is 3.73. The van der Waals surface area contributed by atoms with Crippen LogP contribution in [0.15, 0.2) is 48.5 Å². The first kappa shape index (κ1) is 20.4. The maximum absolute atomic E-state index is 12.7. The molecule has 5 heteroatoms. The number of benzene rings is 2. The Hall–Kier alpha value is -2.33. The van der Waals surface area contributed by atoms with Crippen LogP contribution < -0.4 is 5.32 Å². The van der Waals surface area contributed by atoms with Crippen molar-refractivity contribution in [2.45, 2.75) is 39.2 Å². The van der Waals surface area contributed by atoms with Gasteiger partial charge in [0.2, 0.25) is 5.91 Å². The van der Waals surface area contributed by atoms with Gasteiger partial charge >= 0.3 is 0 Å². The van der Waals surface area contributed by atoms with Crippen LogP contribution in [0.1, 0.15) is 41.3 Å². The van der Waals surface area contributed by atoms with Gasteiger partial charge in [-0.2, -0.15) is 0 Å². The number of hydrogen-bond donors (Lipinski definition) is 1. The summed E-state index contributed by atoms with van der Waals surface area (Å²) < 4.78 is 0. The minimum absolute atomic E-state index is 0.0130. The van der Waals surface area contributed by atoms with Crippen LogP contribution >= 0.6 is 11.6 Å². The van der Waals surface area contributed by atoms with Gasteiger partial charge in [-0.05, 0) is 56.4 Å². The highest BCUT2D eigenvalue weighted by Crippen LogP contribution is 2.21. The smallest absolute Gasteiger partial charge is 0.254 e. The number of rotatable bonds is 5. The van der Waals surface area contributed by atoms with Crippen molar-refractivity contribution >= 4 is 23.4 Å². The SMILES string of the molecule is Cc1ccccc1C(=O)N1CCC(C(=O)N[C@H](C)Cc2ccccc2Cl)CC1. The number of amides is 2. The second-order valence-electron chi connectivity index (χ2n) is 7.59. The van der Waals surface area contributed by atoms with E-state index >= 15 is 0 Å². The van der Waals surface area contributed by atoms with E-state index in [0.29, 0.717) is 32.4 Å². The van der Waals surface area contributed by atoms with Crippen molar-refractivity contribution in [2.24, 2.45) is 5.92 Å². The number of nitrogens with one attached hydrogen (secondary N) is 1. The summed E-state index contributed by atoms with van der Waals surface area (Å²) in [4.78, 5) is 27.2. The molecule has 1 N–H and O–H groups in total. The molecule has 1 fully saturated rings. The first-order chi connectivity index (χ1) is 13.5. The second kappa shape index (κ2) is 9.24. The Kier molecular flexibility index (Phi) is 6.74. The van der Waals surface area contributed by atoms with Gasteiger partial charge in [0.05, 0.1) is 0 Å². The number of hydrogen-bond acceptors (Lipinski definition) is 2. The van der Waals surface area contributed by atoms with E-state index in [2.05, 4.69) is 5.32 Å². The van der Waals surface area contributed by atoms with Crippen LogP contribution in [-0.4, -0.2) is 35.8 Å². The van der Waals surface area contributed by atoms with Gasteiger partial charge in [0.25, 0.3) is 5.91 Å². The van der Waals surface area contributed by atoms with Crippen molar-refractivity contribution in [1.82, 2.24) is 10.2 Å². The van der Waals surface area contributed by atoms with Crippen molar-refractivity contribution < 1.29 is 9.59 Å². The number of piperidine rings is 1. The molecule has 1 aliphatic heterocycles. The molecule has 0 radical (unpaired) electrons. The zero-order valence-electron chi connectivity index (χ0n) is 16.5. The molecule has 3 rings (SSSR count). The van der Waals surface area contributed by atoms with Gasteiger partial charge in [-0.3, -0.25) is 9.59 Å². The summed E-state index contributed by atoms with van der Waals surface area (Å²) in [5, 5.41) is 3.84. The van der Waals surface area contributed by atoms with E-state index in [1.165, 1.54) is 0 Å². The third-order valence-electron chi connectivity index (χ3n) is 5.40. The summed E-state index contributed by atoms with van der Waals surface area (Å²) in [6.45, 7) is 5.18. The van der Waals surface area contributed by atoms with Gasteiger partial charge in [0.15, 0.2) is 0 Å². The van der Waals surface area contributed by atoms with Gasteiger partial charge in [0, 0.05) is 35.6 Å². The second-order valence-corrected chi connectivity index (χ2v) is 7.99. The Labute approximate surface area is 171 Å². The standard InChI is InChI=1S/C23H27ClN2O2/c1-16-7-3-5-9-20(16)23(28)26-13-11-18(12-14-26)22(27)25-17(2)15-19-8-4-6-10-21(19)24/h3-10,17-18H,11-15H2,1-2H3,(H,25,27)/t17-/m1/s1. The Bertz CT molecular complexity index is 844. The fraction of sp³-hybridized carbons (Fsp3) is 0.391. The first-order valence-corrected chi connectivity index (χ1v) is 10.2. The average molecular weight is 399 g/mol. The lowest BCUT2D eigenvalue weighted by Gasteiger charge is -2.32. The molecule has 2 amide bonds. The summed E-state index contributed by atoms with van der Waals surface area (Å²) in [5.74, 6) is 0.0844. The molecule has 0 saturated carbocycles. The van der Waals surface area contributed by atoms with Crippen molar-refractivity contribution in [2.75, 3.05) is 13.1 Å². The molecule has 0 unspecified atom stereocenters. The predicted molar refractivity (Wildman–Crippen MR) is 113 cm³/mol. The molecule has 0 aromatic heterocycles. The zero-order valence-corrected chi connectivity index (χ0v) is 17.2. The molecule has 28 heavy (non-hydrogen) atoms. The van der Waals surface area contributed by atoms with Crippen molar-refractivity contribution in [3.63, 3.8) is 0 Å². The van der Waals surface area contributed by atoms with E-state index in [9.17, 15) is 9.59 Å². The zero-order chi connectivity index (χ0) is 20.1. The molecule has 0 bridgehead atoms. The number of halogens is 1. The maximum atomic E-state index is 12.7. The van der Waals surface area contributed by atoms with Gasteiger partial charge in [-0.25, -0.2) is 0 Å². The van der Waals surface area contributed by atoms with E-state index in [1.807, 2.05) is 67.3 Å². The van der Waals surface area contributed by atoms with Gasteiger partial charge in [-0.1, -0.05) is 48.0 Å². The summed E-state index contributed by atoms with van der Waals surface area (Å²) in [7, 11) is 0. The van der Waals surface area contributed by atoms with Crippen LogP contribution in [0.4, 0.5) is 0 Å². The molecule has 0 spiro atoms. The Morgan fingerprint density at radius 1 is 1.11 bits per heavy atom. The van der Waals surface area contributed by atoms with Crippen LogP contribution in [0, 0.1) is 12.8 Å². The third-order valence-corrected chi connectivity index (χ3v) is 5.77. The molecule has 1 heterocycles. The summed E-state index contributed by atoms with van der Waals surface area (Å²) in [5.41, 5.74) is 2.77. The largest absolute Gasteiger partial charge is 0.353 e. The third kappa shape index (κ3) is 4.93. The minimum atomic E-state index is -0.0467. The van der Waals surface area contributed by atoms with E-state index in [1.54, 1.807) is 0 Å². The lowest BCUT2D eigenvalue weighted by molar-refractivity contribution is -0.126. The number of nitrogens with zero attached hydrogens (tertiary/aromatic N) is 1. The molecule has 148 valence electrons. The molecule has 2 aromatic carbocycles. The van der Waals surface area contributed by atoms with Crippen LogP contribution in [0.3, 0.4) is 0 Å². The van der Waals surface area contributed by atoms with Crippen molar-refractivity contribution in [3.05, 3.63) is 70.2 Å². The van der Waals surface area contributed by atoms with E-state index < -0.39 is 0 Å². The molecular weight excluding hydrogens is 372 g/mol. The van der Waals surface area contributed by atoms with Crippen LogP contribution in [0.2, 0.25) is 5.02 Å². The molecule has 0 aliphatic carbocycles. The topological polar surface area (TPSA) is 49.4 Å². The maximum Gasteiger partial charge on any atom is 0.254 e. The summed E-state index contributed by atoms with van der Waals surface area (Å²) in [6, 6.07) is 15.4. The van der Waals surface area contributed by atoms with Crippen molar-refractivity contribution in [1.29, 1.82) is 0 Å². The molecule has 4 nitrogen and oxygen atoms in total. The van der Waals surface area contributed by atoms with Crippen LogP contribution in [0.5, 0.6) is 0 Å². The fourth-order valence-corrected chi connectivity index (χ4v) is 3.95. The Morgan fingerprint density at radius 3 is 2.43 bits per heavy atom. The highest BCUT2D eigenvalue weighted by Gasteiger charge is 2.28. The van der Waals surface area contributed by atoms with E-state index in [-0.39, 0.29) is 23.8 Å². The molecule has 2 aromatic rings. The van der Waals surface area contributed by atoms with E-state index in [4.69, 9.17) is 11.6 Å².